The molecule has 0 saturated carbocycles. The van der Waals surface area contributed by atoms with Crippen molar-refractivity contribution in [3.63, 3.8) is 0 Å². The van der Waals surface area contributed by atoms with Crippen LogP contribution in [0, 0.1) is 5.92 Å². The van der Waals surface area contributed by atoms with Gasteiger partial charge in [0.1, 0.15) is 0 Å². The van der Waals surface area contributed by atoms with Gasteiger partial charge in [0.05, 0.1) is 0 Å². The van der Waals surface area contributed by atoms with Crippen molar-refractivity contribution in [2.24, 2.45) is 5.92 Å². The van der Waals surface area contributed by atoms with Gasteiger partial charge in [-0.15, -0.1) is 0 Å². The van der Waals surface area contributed by atoms with Crippen LogP contribution in [0.5, 0.6) is 0 Å². The van der Waals surface area contributed by atoms with E-state index in [0.29, 0.717) is 6.04 Å². The molecular weight excluding hydrogens is 244 g/mol. The van der Waals surface area contributed by atoms with Crippen LogP contribution in [0.2, 0.25) is 0 Å². The molecule has 2 nitrogen and oxygen atoms in total. The third kappa shape index (κ3) is 4.52. The predicted octanol–water partition coefficient (Wildman–Crippen LogP) is 3.85. The van der Waals surface area contributed by atoms with Gasteiger partial charge < -0.3 is 10.2 Å². The zero-order valence-electron chi connectivity index (χ0n) is 13.4. The molecule has 0 bridgehead atoms. The zero-order chi connectivity index (χ0) is 14.4. The van der Waals surface area contributed by atoms with Crippen molar-refractivity contribution >= 4 is 5.69 Å². The Labute approximate surface area is 124 Å². The fourth-order valence-electron chi connectivity index (χ4n) is 3.11. The Morgan fingerprint density at radius 2 is 2.00 bits per heavy atom. The van der Waals surface area contributed by atoms with Crippen molar-refractivity contribution in [1.29, 1.82) is 0 Å². The molecule has 1 aliphatic heterocycles. The van der Waals surface area contributed by atoms with Gasteiger partial charge in [0.15, 0.2) is 0 Å². The second kappa shape index (κ2) is 7.68. The molecule has 1 unspecified atom stereocenters. The lowest BCUT2D eigenvalue weighted by atomic mass is 9.94. The lowest BCUT2D eigenvalue weighted by molar-refractivity contribution is 0.510. The first-order chi connectivity index (χ1) is 9.66. The van der Waals surface area contributed by atoms with E-state index in [-0.39, 0.29) is 0 Å². The van der Waals surface area contributed by atoms with Gasteiger partial charge in [-0.05, 0) is 43.4 Å². The Hall–Kier alpha value is -1.02. The maximum atomic E-state index is 3.49. The highest BCUT2D eigenvalue weighted by Gasteiger charge is 2.20. The largest absolute Gasteiger partial charge is 0.371 e. The number of rotatable bonds is 7. The Morgan fingerprint density at radius 3 is 2.80 bits per heavy atom. The third-order valence-electron chi connectivity index (χ3n) is 4.09. The fourth-order valence-corrected chi connectivity index (χ4v) is 3.11. The van der Waals surface area contributed by atoms with E-state index in [2.05, 4.69) is 55.3 Å². The number of nitrogens with one attached hydrogen (secondary N) is 1. The molecule has 0 fully saturated rings. The number of para-hydroxylation sites is 1. The molecule has 0 spiro atoms. The molecule has 112 valence electrons. The Kier molecular flexibility index (Phi) is 5.90. The second-order valence-electron chi connectivity index (χ2n) is 6.55. The molecule has 1 aromatic carbocycles. The van der Waals surface area contributed by atoms with Crippen LogP contribution in [0.4, 0.5) is 5.69 Å². The summed E-state index contributed by atoms with van der Waals surface area (Å²) in [6.07, 6.45) is 5.17. The van der Waals surface area contributed by atoms with Gasteiger partial charge in [0, 0.05) is 24.8 Å². The van der Waals surface area contributed by atoms with Gasteiger partial charge in [0.25, 0.3) is 0 Å². The number of anilines is 1. The number of nitrogens with zero attached hydrogens (tertiary/aromatic N) is 1. The second-order valence-corrected chi connectivity index (χ2v) is 6.55. The molecular formula is C18H30N2. The molecule has 1 N–H and O–H groups in total. The topological polar surface area (TPSA) is 15.3 Å². The average molecular weight is 274 g/mol. The van der Waals surface area contributed by atoms with Crippen molar-refractivity contribution in [3.8, 4) is 0 Å². The maximum Gasteiger partial charge on any atom is 0.0398 e. The molecule has 0 aromatic heterocycles. The number of unbranched alkanes of at least 4 members (excludes halogenated alkanes) is 2. The lowest BCUT2D eigenvalue weighted by Crippen LogP contribution is -2.35. The smallest absolute Gasteiger partial charge is 0.0398 e. The summed E-state index contributed by atoms with van der Waals surface area (Å²) >= 11 is 0. The van der Waals surface area contributed by atoms with E-state index in [0.717, 1.165) is 12.5 Å². The summed E-state index contributed by atoms with van der Waals surface area (Å²) in [6, 6.07) is 9.55. The minimum Gasteiger partial charge on any atom is -0.371 e. The number of hydrogen-bond donors (Lipinski definition) is 1. The number of benzene rings is 1. The quantitative estimate of drug-likeness (QED) is 0.760. The van der Waals surface area contributed by atoms with E-state index in [1.807, 2.05) is 0 Å². The van der Waals surface area contributed by atoms with E-state index in [9.17, 15) is 0 Å². The number of hydrogen-bond acceptors (Lipinski definition) is 2. The van der Waals surface area contributed by atoms with Crippen LogP contribution < -0.4 is 10.2 Å². The predicted molar refractivity (Wildman–Crippen MR) is 88.5 cm³/mol. The van der Waals surface area contributed by atoms with Crippen LogP contribution in [0.15, 0.2) is 24.3 Å². The standard InChI is InChI=1S/C18H30N2/c1-15(2)19-11-7-4-8-12-20-14-16(3)13-17-9-5-6-10-18(17)20/h5-6,9-10,15-16,19H,4,7-8,11-14H2,1-3H3. The van der Waals surface area contributed by atoms with Crippen molar-refractivity contribution in [2.75, 3.05) is 24.5 Å². The van der Waals surface area contributed by atoms with E-state index in [4.69, 9.17) is 0 Å². The maximum absolute atomic E-state index is 3.49. The van der Waals surface area contributed by atoms with Crippen LogP contribution >= 0.6 is 0 Å². The van der Waals surface area contributed by atoms with Crippen molar-refractivity contribution in [3.05, 3.63) is 29.8 Å². The first-order valence-electron chi connectivity index (χ1n) is 8.23. The van der Waals surface area contributed by atoms with Gasteiger partial charge >= 0.3 is 0 Å². The van der Waals surface area contributed by atoms with Crippen LogP contribution in [-0.4, -0.2) is 25.7 Å². The summed E-state index contributed by atoms with van der Waals surface area (Å²) in [5.74, 6) is 0.785. The van der Waals surface area contributed by atoms with Crippen molar-refractivity contribution < 1.29 is 0 Å². The molecule has 1 aliphatic rings. The summed E-state index contributed by atoms with van der Waals surface area (Å²) < 4.78 is 0. The van der Waals surface area contributed by atoms with E-state index >= 15 is 0 Å². The molecule has 0 saturated heterocycles. The van der Waals surface area contributed by atoms with Gasteiger partial charge in [-0.1, -0.05) is 45.4 Å². The molecule has 20 heavy (non-hydrogen) atoms. The molecule has 0 radical (unpaired) electrons. The molecule has 2 rings (SSSR count). The summed E-state index contributed by atoms with van der Waals surface area (Å²) in [4.78, 5) is 2.60. The monoisotopic (exact) mass is 274 g/mol. The Balaban J connectivity index is 1.76. The minimum atomic E-state index is 0.616. The van der Waals surface area contributed by atoms with E-state index in [1.54, 1.807) is 0 Å². The third-order valence-corrected chi connectivity index (χ3v) is 4.09. The fraction of sp³-hybridized carbons (Fsp3) is 0.667. The zero-order valence-corrected chi connectivity index (χ0v) is 13.4. The van der Waals surface area contributed by atoms with Gasteiger partial charge in [-0.3, -0.25) is 0 Å². The first-order valence-corrected chi connectivity index (χ1v) is 8.23. The summed E-state index contributed by atoms with van der Waals surface area (Å²) in [7, 11) is 0. The Bertz CT molecular complexity index is 400. The van der Waals surface area contributed by atoms with Gasteiger partial charge in [-0.25, -0.2) is 0 Å². The van der Waals surface area contributed by atoms with Gasteiger partial charge in [0.2, 0.25) is 0 Å². The highest BCUT2D eigenvalue weighted by Crippen LogP contribution is 2.29. The highest BCUT2D eigenvalue weighted by molar-refractivity contribution is 5.55. The first kappa shape index (κ1) is 15.4. The summed E-state index contributed by atoms with van der Waals surface area (Å²) in [5, 5.41) is 3.49. The molecule has 1 aromatic rings. The molecule has 1 atom stereocenters. The molecule has 0 aliphatic carbocycles. The Morgan fingerprint density at radius 1 is 1.20 bits per heavy atom. The van der Waals surface area contributed by atoms with E-state index in [1.165, 1.54) is 50.0 Å². The highest BCUT2D eigenvalue weighted by atomic mass is 15.1. The molecule has 2 heteroatoms. The van der Waals surface area contributed by atoms with Crippen LogP contribution in [-0.2, 0) is 6.42 Å². The SMILES string of the molecule is CC1Cc2ccccc2N(CCCCCNC(C)C)C1. The normalized spacial score (nSPS) is 18.4. The summed E-state index contributed by atoms with van der Waals surface area (Å²) in [5.41, 5.74) is 3.01. The van der Waals surface area contributed by atoms with Gasteiger partial charge in [-0.2, -0.15) is 0 Å². The summed E-state index contributed by atoms with van der Waals surface area (Å²) in [6.45, 7) is 10.4. The molecule has 1 heterocycles. The van der Waals surface area contributed by atoms with Crippen LogP contribution in [0.3, 0.4) is 0 Å². The van der Waals surface area contributed by atoms with Crippen LogP contribution in [0.1, 0.15) is 45.6 Å². The lowest BCUT2D eigenvalue weighted by Gasteiger charge is -2.35. The van der Waals surface area contributed by atoms with Crippen molar-refractivity contribution in [1.82, 2.24) is 5.32 Å². The number of fused-ring (bicyclic) bond motifs is 1. The minimum absolute atomic E-state index is 0.616. The molecule has 0 amide bonds. The van der Waals surface area contributed by atoms with Crippen LogP contribution in [0.25, 0.3) is 0 Å². The van der Waals surface area contributed by atoms with Crippen molar-refractivity contribution in [2.45, 2.75) is 52.5 Å². The van der Waals surface area contributed by atoms with E-state index < -0.39 is 0 Å². The average Bonchev–Trinajstić information content (AvgIpc) is 2.42.